The maximum absolute atomic E-state index is 7.16. The van der Waals surface area contributed by atoms with Crippen molar-refractivity contribution < 1.29 is 8.83 Å². The lowest BCUT2D eigenvalue weighted by Gasteiger charge is -2.41. The summed E-state index contributed by atoms with van der Waals surface area (Å²) in [5.74, 6) is 0. The number of hydrogen-bond donors (Lipinski definition) is 0. The van der Waals surface area contributed by atoms with E-state index in [9.17, 15) is 0 Å². The number of fused-ring (bicyclic) bond motifs is 16. The van der Waals surface area contributed by atoms with Gasteiger partial charge in [0.1, 0.15) is 16.7 Å². The molecule has 6 heterocycles. The van der Waals surface area contributed by atoms with E-state index in [1.165, 1.54) is 69.9 Å². The van der Waals surface area contributed by atoms with E-state index in [0.29, 0.717) is 0 Å². The second kappa shape index (κ2) is 11.4. The highest BCUT2D eigenvalue weighted by molar-refractivity contribution is 7.27. The Hall–Kier alpha value is -7.02. The Morgan fingerprint density at radius 1 is 0.517 bits per heavy atom. The fourth-order valence-electron chi connectivity index (χ4n) is 10.6. The predicted molar refractivity (Wildman–Crippen MR) is 254 cm³/mol. The average Bonchev–Trinajstić information content (AvgIpc) is 4.03. The minimum absolute atomic E-state index is 0.0521. The highest BCUT2D eigenvalue weighted by Gasteiger charge is 2.46. The van der Waals surface area contributed by atoms with Crippen molar-refractivity contribution in [1.82, 2.24) is 4.48 Å². The largest absolute Gasteiger partial charge is 0.456 e. The molecule has 0 spiro atoms. The number of furan rings is 2. The smallest absolute Gasteiger partial charge is 0.333 e. The summed E-state index contributed by atoms with van der Waals surface area (Å²) in [5, 5.41) is 7.08. The predicted octanol–water partition coefficient (Wildman–Crippen LogP) is 14.2. The zero-order valence-corrected chi connectivity index (χ0v) is 34.0. The molecular weight excluding hydrogens is 751 g/mol. The Kier molecular flexibility index (Phi) is 6.24. The molecule has 6 heteroatoms. The first-order valence-electron chi connectivity index (χ1n) is 20.8. The molecule has 4 aromatic heterocycles. The highest BCUT2D eigenvalue weighted by Crippen LogP contribution is 2.53. The van der Waals surface area contributed by atoms with Crippen LogP contribution in [0.15, 0.2) is 167 Å². The van der Waals surface area contributed by atoms with E-state index in [4.69, 9.17) is 8.83 Å². The maximum Gasteiger partial charge on any atom is 0.333 e. The van der Waals surface area contributed by atoms with Crippen molar-refractivity contribution in [1.29, 1.82) is 0 Å². The van der Waals surface area contributed by atoms with Gasteiger partial charge in [0.25, 0.3) is 0 Å². The summed E-state index contributed by atoms with van der Waals surface area (Å²) in [6.07, 6.45) is 0. The van der Waals surface area contributed by atoms with Gasteiger partial charge in [0.15, 0.2) is 5.58 Å². The van der Waals surface area contributed by atoms with Gasteiger partial charge in [0.05, 0.1) is 21.6 Å². The van der Waals surface area contributed by atoms with Crippen LogP contribution in [0.2, 0.25) is 0 Å². The van der Waals surface area contributed by atoms with Crippen LogP contribution in [-0.4, -0.2) is 11.3 Å². The molecule has 0 aliphatic carbocycles. The Morgan fingerprint density at radius 3 is 2.05 bits per heavy atom. The van der Waals surface area contributed by atoms with Gasteiger partial charge in [-0.15, -0.1) is 11.3 Å². The van der Waals surface area contributed by atoms with Crippen LogP contribution in [0.4, 0.5) is 17.1 Å². The van der Waals surface area contributed by atoms with Crippen molar-refractivity contribution in [3.63, 3.8) is 0 Å². The third-order valence-corrected chi connectivity index (χ3v) is 14.5. The summed E-state index contributed by atoms with van der Waals surface area (Å²) in [6.45, 7) is 6.74. The molecule has 282 valence electrons. The molecule has 60 heavy (non-hydrogen) atoms. The second-order valence-electron chi connectivity index (χ2n) is 17.6. The first-order chi connectivity index (χ1) is 29.4. The lowest BCUT2D eigenvalue weighted by molar-refractivity contribution is 0.590. The maximum atomic E-state index is 7.16. The van der Waals surface area contributed by atoms with Gasteiger partial charge in [0, 0.05) is 65.4 Å². The number of nitrogens with zero attached hydrogens (tertiary/aromatic N) is 2. The molecule has 0 unspecified atom stereocenters. The minimum atomic E-state index is -0.154. The third kappa shape index (κ3) is 4.16. The fraction of sp³-hybridized carbons (Fsp3) is 0.0741. The molecule has 12 aromatic rings. The number of thiophene rings is 1. The quantitative estimate of drug-likeness (QED) is 0.164. The van der Waals surface area contributed by atoms with Crippen molar-refractivity contribution in [3.05, 3.63) is 163 Å². The molecule has 2 aliphatic rings. The van der Waals surface area contributed by atoms with Crippen LogP contribution in [0.25, 0.3) is 97.3 Å². The van der Waals surface area contributed by atoms with Crippen LogP contribution in [0.1, 0.15) is 26.3 Å². The molecule has 0 bridgehead atoms. The standard InChI is InChI=1S/C54H35BN2O2S/c1-54(2,3)31-24-25-42(37(26-31)30-14-5-4-6-15-30)56-43-29-46-38(32-16-7-10-21-44(32)58-46)28-41(43)55-48-39(27-40-33-17-8-11-22-45(33)59-52(40)51(48)56)34-19-13-20-36-49(34)57(55)50-35-18-9-12-23-47(35)60-53(36)50/h4-29H,1-3H3. The Balaban J connectivity index is 1.22. The normalized spacial score (nSPS) is 13.5. The first-order valence-corrected chi connectivity index (χ1v) is 21.6. The molecule has 14 rings (SSSR count). The zero-order chi connectivity index (χ0) is 39.6. The molecule has 0 fully saturated rings. The molecule has 0 radical (unpaired) electrons. The van der Waals surface area contributed by atoms with Gasteiger partial charge in [-0.05, 0) is 69.4 Å². The molecule has 0 saturated heterocycles. The van der Waals surface area contributed by atoms with E-state index in [-0.39, 0.29) is 12.3 Å². The molecule has 0 amide bonds. The van der Waals surface area contributed by atoms with E-state index < -0.39 is 0 Å². The van der Waals surface area contributed by atoms with E-state index in [1.807, 2.05) is 11.3 Å². The SMILES string of the molecule is CC(C)(C)c1ccc(N2c3cc4oc5ccccc5c4cc3B3c4c(cc5c(oc6ccccc65)c42)-c2cccc4c5sc6ccccc6c5n3c24)c(-c2ccccc2)c1. The van der Waals surface area contributed by atoms with E-state index in [0.717, 1.165) is 60.9 Å². The van der Waals surface area contributed by atoms with Crippen molar-refractivity contribution in [3.8, 4) is 22.3 Å². The van der Waals surface area contributed by atoms with Crippen LogP contribution >= 0.6 is 11.3 Å². The van der Waals surface area contributed by atoms with Gasteiger partial charge in [-0.2, -0.15) is 0 Å². The Bertz CT molecular complexity index is 3840. The molecular formula is C54H35BN2O2S. The summed E-state index contributed by atoms with van der Waals surface area (Å²) < 4.78 is 19.3. The number of para-hydroxylation sites is 3. The van der Waals surface area contributed by atoms with Crippen LogP contribution in [0, 0.1) is 0 Å². The summed E-state index contributed by atoms with van der Waals surface area (Å²) in [7, 11) is 0. The number of benzene rings is 8. The summed E-state index contributed by atoms with van der Waals surface area (Å²) in [5.41, 5.74) is 18.0. The van der Waals surface area contributed by atoms with Crippen molar-refractivity contribution >= 4 is 121 Å². The average molecular weight is 787 g/mol. The zero-order valence-electron chi connectivity index (χ0n) is 33.2. The molecule has 8 aromatic carbocycles. The van der Waals surface area contributed by atoms with Gasteiger partial charge < -0.3 is 18.2 Å². The number of hydrogen-bond acceptors (Lipinski definition) is 4. The second-order valence-corrected chi connectivity index (χ2v) is 18.7. The molecule has 0 atom stereocenters. The summed E-state index contributed by atoms with van der Waals surface area (Å²) in [4.78, 5) is 2.52. The van der Waals surface area contributed by atoms with Gasteiger partial charge in [-0.25, -0.2) is 0 Å². The summed E-state index contributed by atoms with van der Waals surface area (Å²) >= 11 is 1.91. The van der Waals surface area contributed by atoms with Crippen LogP contribution in [0.3, 0.4) is 0 Å². The van der Waals surface area contributed by atoms with Crippen molar-refractivity contribution in [2.75, 3.05) is 4.90 Å². The van der Waals surface area contributed by atoms with Gasteiger partial charge in [-0.3, -0.25) is 0 Å². The van der Waals surface area contributed by atoms with Gasteiger partial charge in [0.2, 0.25) is 0 Å². The minimum Gasteiger partial charge on any atom is -0.456 e. The molecule has 0 N–H and O–H groups in total. The Labute approximate surface area is 349 Å². The highest BCUT2D eigenvalue weighted by atomic mass is 32.1. The monoisotopic (exact) mass is 786 g/mol. The van der Waals surface area contributed by atoms with Gasteiger partial charge in [-0.1, -0.05) is 136 Å². The van der Waals surface area contributed by atoms with Crippen LogP contribution in [0.5, 0.6) is 0 Å². The lowest BCUT2D eigenvalue weighted by atomic mass is 9.45. The van der Waals surface area contributed by atoms with E-state index in [2.05, 4.69) is 188 Å². The number of rotatable bonds is 2. The molecule has 0 saturated carbocycles. The molecule has 2 aliphatic heterocycles. The Morgan fingerprint density at radius 2 is 1.23 bits per heavy atom. The van der Waals surface area contributed by atoms with E-state index in [1.54, 1.807) is 0 Å². The lowest BCUT2D eigenvalue weighted by Crippen LogP contribution is -2.56. The van der Waals surface area contributed by atoms with Crippen LogP contribution < -0.4 is 15.8 Å². The van der Waals surface area contributed by atoms with Crippen LogP contribution in [-0.2, 0) is 5.41 Å². The summed E-state index contributed by atoms with van der Waals surface area (Å²) in [6, 6.07) is 58.0. The first kappa shape index (κ1) is 32.9. The topological polar surface area (TPSA) is 34.5 Å². The van der Waals surface area contributed by atoms with Crippen molar-refractivity contribution in [2.45, 2.75) is 26.2 Å². The van der Waals surface area contributed by atoms with E-state index >= 15 is 0 Å². The van der Waals surface area contributed by atoms with Crippen molar-refractivity contribution in [2.24, 2.45) is 0 Å². The molecule has 4 nitrogen and oxygen atoms in total. The van der Waals surface area contributed by atoms with Gasteiger partial charge >= 0.3 is 6.85 Å². The third-order valence-electron chi connectivity index (χ3n) is 13.3. The number of aromatic nitrogens is 1. The fourth-order valence-corrected chi connectivity index (χ4v) is 11.9. The number of anilines is 3.